The summed E-state index contributed by atoms with van der Waals surface area (Å²) >= 11 is 0. The topological polar surface area (TPSA) is 195 Å². The molecule has 0 fully saturated rings. The Morgan fingerprint density at radius 1 is 0.921 bits per heavy atom. The Labute approximate surface area is 213 Å². The van der Waals surface area contributed by atoms with Crippen molar-refractivity contribution in [2.75, 3.05) is 26.6 Å². The molecule has 1 N–H and O–H groups in total. The Bertz CT molecular complexity index is 1490. The molecule has 194 valence electrons. The maximum atomic E-state index is 12.7. The molecule has 38 heavy (non-hydrogen) atoms. The number of carbonyl (C=O) groups excluding carboxylic acids is 1. The number of nitro benzene ring substituents is 2. The van der Waals surface area contributed by atoms with Crippen molar-refractivity contribution in [2.24, 2.45) is 0 Å². The molecule has 0 unspecified atom stereocenters. The zero-order valence-corrected chi connectivity index (χ0v) is 20.0. The van der Waals surface area contributed by atoms with Crippen LogP contribution in [0.3, 0.4) is 0 Å². The van der Waals surface area contributed by atoms with Gasteiger partial charge in [-0.05, 0) is 18.2 Å². The average Bonchev–Trinajstić information content (AvgIpc) is 3.42. The number of rotatable bonds is 9. The average molecular weight is 522 g/mol. The van der Waals surface area contributed by atoms with Gasteiger partial charge in [0.05, 0.1) is 42.9 Å². The fraction of sp³-hybridized carbons (Fsp3) is 0.130. The first-order valence-electron chi connectivity index (χ1n) is 10.6. The van der Waals surface area contributed by atoms with Gasteiger partial charge in [-0.3, -0.25) is 25.0 Å². The van der Waals surface area contributed by atoms with Gasteiger partial charge in [0.25, 0.3) is 17.3 Å². The van der Waals surface area contributed by atoms with Crippen molar-refractivity contribution < 1.29 is 33.3 Å². The maximum Gasteiger partial charge on any atom is 0.278 e. The summed E-state index contributed by atoms with van der Waals surface area (Å²) in [6, 6.07) is 7.59. The molecule has 4 rings (SSSR count). The molecular formula is C23H18N6O9. The summed E-state index contributed by atoms with van der Waals surface area (Å²) in [5.74, 6) is 0.631. The van der Waals surface area contributed by atoms with Gasteiger partial charge in [-0.1, -0.05) is 0 Å². The van der Waals surface area contributed by atoms with Gasteiger partial charge in [0.15, 0.2) is 23.0 Å². The first-order valence-corrected chi connectivity index (χ1v) is 10.6. The van der Waals surface area contributed by atoms with Crippen LogP contribution >= 0.6 is 0 Å². The van der Waals surface area contributed by atoms with E-state index in [1.165, 1.54) is 33.6 Å². The normalized spacial score (nSPS) is 10.5. The third-order valence-corrected chi connectivity index (χ3v) is 5.12. The van der Waals surface area contributed by atoms with Gasteiger partial charge >= 0.3 is 0 Å². The van der Waals surface area contributed by atoms with E-state index in [1.807, 2.05) is 0 Å². The van der Waals surface area contributed by atoms with E-state index in [4.69, 9.17) is 18.6 Å². The molecule has 15 nitrogen and oxygen atoms in total. The molecule has 2 aromatic heterocycles. The Kier molecular flexibility index (Phi) is 7.09. The Hall–Kier alpha value is -5.60. The largest absolute Gasteiger partial charge is 0.493 e. The van der Waals surface area contributed by atoms with Crippen LogP contribution in [-0.4, -0.2) is 52.0 Å². The number of carbonyl (C=O) groups is 1. The third-order valence-electron chi connectivity index (χ3n) is 5.12. The number of nitrogens with zero attached hydrogens (tertiary/aromatic N) is 5. The van der Waals surface area contributed by atoms with E-state index in [-0.39, 0.29) is 28.8 Å². The molecule has 1 amide bonds. The monoisotopic (exact) mass is 522 g/mol. The van der Waals surface area contributed by atoms with E-state index in [0.29, 0.717) is 22.8 Å². The van der Waals surface area contributed by atoms with Gasteiger partial charge in [0.2, 0.25) is 11.6 Å². The van der Waals surface area contributed by atoms with E-state index in [0.717, 1.165) is 24.5 Å². The number of aromatic nitrogens is 3. The summed E-state index contributed by atoms with van der Waals surface area (Å²) in [5, 5.41) is 24.5. The molecular weight excluding hydrogens is 504 g/mol. The molecule has 2 heterocycles. The van der Waals surface area contributed by atoms with Crippen LogP contribution in [0.2, 0.25) is 0 Å². The van der Waals surface area contributed by atoms with E-state index >= 15 is 0 Å². The standard InChI is InChI=1S/C23H18N6O9/c1-35-18-6-12(7-19(36-2)20(18)37-3)21-24-5-4-16(26-21)23-27-17(11-38-23)22(30)25-13-8-14(28(31)32)10-15(9-13)29(33)34/h4-11H,1-3H3,(H,25,30). The number of amides is 1. The summed E-state index contributed by atoms with van der Waals surface area (Å²) in [7, 11) is 4.43. The molecule has 0 aliphatic carbocycles. The predicted octanol–water partition coefficient (Wildman–Crippen LogP) is 3.89. The predicted molar refractivity (Wildman–Crippen MR) is 130 cm³/mol. The molecule has 0 aliphatic heterocycles. The fourth-order valence-corrected chi connectivity index (χ4v) is 3.40. The molecule has 0 atom stereocenters. The van der Waals surface area contributed by atoms with E-state index < -0.39 is 27.1 Å². The minimum absolute atomic E-state index is 0.0173. The number of nitrogens with one attached hydrogen (secondary N) is 1. The van der Waals surface area contributed by atoms with Gasteiger partial charge in [-0.25, -0.2) is 15.0 Å². The number of anilines is 1. The summed E-state index contributed by atoms with van der Waals surface area (Å²) in [6.45, 7) is 0. The molecule has 0 spiro atoms. The highest BCUT2D eigenvalue weighted by Gasteiger charge is 2.21. The number of ether oxygens (including phenoxy) is 3. The zero-order valence-electron chi connectivity index (χ0n) is 20.0. The van der Waals surface area contributed by atoms with Crippen molar-refractivity contribution in [1.82, 2.24) is 15.0 Å². The summed E-state index contributed by atoms with van der Waals surface area (Å²) in [5.41, 5.74) is -0.687. The van der Waals surface area contributed by atoms with Gasteiger partial charge in [0, 0.05) is 23.9 Å². The van der Waals surface area contributed by atoms with Crippen molar-refractivity contribution in [1.29, 1.82) is 0 Å². The second kappa shape index (κ2) is 10.6. The van der Waals surface area contributed by atoms with Gasteiger partial charge in [-0.15, -0.1) is 0 Å². The summed E-state index contributed by atoms with van der Waals surface area (Å²) < 4.78 is 21.5. The van der Waals surface area contributed by atoms with E-state index in [1.54, 1.807) is 12.1 Å². The van der Waals surface area contributed by atoms with E-state index in [9.17, 15) is 25.0 Å². The van der Waals surface area contributed by atoms with Gasteiger partial charge in [0.1, 0.15) is 12.0 Å². The molecule has 0 saturated heterocycles. The molecule has 4 aromatic rings. The number of methoxy groups -OCH3 is 3. The van der Waals surface area contributed by atoms with Crippen molar-refractivity contribution in [3.05, 3.63) is 74.8 Å². The highest BCUT2D eigenvalue weighted by molar-refractivity contribution is 6.03. The minimum atomic E-state index is -0.811. The van der Waals surface area contributed by atoms with E-state index in [2.05, 4.69) is 20.3 Å². The molecule has 0 radical (unpaired) electrons. The Balaban J connectivity index is 1.61. The number of oxazole rings is 1. The molecule has 0 bridgehead atoms. The summed E-state index contributed by atoms with van der Waals surface area (Å²) in [6.07, 6.45) is 2.52. The molecule has 0 saturated carbocycles. The SMILES string of the molecule is COc1cc(-c2nccc(-c3nc(C(=O)Nc4cc([N+](=O)[O-])cc([N+](=O)[O-])c4)co3)n2)cc(OC)c1OC. The number of hydrogen-bond donors (Lipinski definition) is 1. The second-order valence-corrected chi connectivity index (χ2v) is 7.42. The zero-order chi connectivity index (χ0) is 27.4. The molecule has 2 aromatic carbocycles. The van der Waals surface area contributed by atoms with Crippen LogP contribution in [0.15, 0.2) is 53.3 Å². The lowest BCUT2D eigenvalue weighted by Crippen LogP contribution is -2.12. The van der Waals surface area contributed by atoms with Crippen LogP contribution in [0.5, 0.6) is 17.2 Å². The van der Waals surface area contributed by atoms with Crippen LogP contribution in [0.25, 0.3) is 23.0 Å². The number of non-ortho nitro benzene ring substituents is 2. The number of nitro groups is 2. The van der Waals surface area contributed by atoms with Crippen LogP contribution in [-0.2, 0) is 0 Å². The smallest absolute Gasteiger partial charge is 0.278 e. The summed E-state index contributed by atoms with van der Waals surface area (Å²) in [4.78, 5) is 46.0. The van der Waals surface area contributed by atoms with Crippen LogP contribution in [0.1, 0.15) is 10.5 Å². The van der Waals surface area contributed by atoms with Crippen molar-refractivity contribution in [3.63, 3.8) is 0 Å². The van der Waals surface area contributed by atoms with Gasteiger partial charge in [-0.2, -0.15) is 0 Å². The van der Waals surface area contributed by atoms with Crippen LogP contribution < -0.4 is 19.5 Å². The Morgan fingerprint density at radius 2 is 1.55 bits per heavy atom. The third kappa shape index (κ3) is 5.15. The highest BCUT2D eigenvalue weighted by atomic mass is 16.6. The maximum absolute atomic E-state index is 12.7. The van der Waals surface area contributed by atoms with Crippen LogP contribution in [0, 0.1) is 20.2 Å². The number of benzene rings is 2. The van der Waals surface area contributed by atoms with Gasteiger partial charge < -0.3 is 23.9 Å². The Morgan fingerprint density at radius 3 is 2.11 bits per heavy atom. The molecule has 15 heteroatoms. The van der Waals surface area contributed by atoms with Crippen molar-refractivity contribution >= 4 is 23.0 Å². The quantitative estimate of drug-likeness (QED) is 0.246. The van der Waals surface area contributed by atoms with Crippen molar-refractivity contribution in [2.45, 2.75) is 0 Å². The fourth-order valence-electron chi connectivity index (χ4n) is 3.40. The first-order chi connectivity index (χ1) is 18.2. The van der Waals surface area contributed by atoms with Crippen molar-refractivity contribution in [3.8, 4) is 40.2 Å². The lowest BCUT2D eigenvalue weighted by Gasteiger charge is -2.13. The first kappa shape index (κ1) is 25.5. The minimum Gasteiger partial charge on any atom is -0.493 e. The highest BCUT2D eigenvalue weighted by Crippen LogP contribution is 2.40. The number of hydrogen-bond acceptors (Lipinski definition) is 12. The molecule has 0 aliphatic rings. The van der Waals surface area contributed by atoms with Crippen LogP contribution in [0.4, 0.5) is 17.1 Å². The lowest BCUT2D eigenvalue weighted by molar-refractivity contribution is -0.394. The second-order valence-electron chi connectivity index (χ2n) is 7.42. The lowest BCUT2D eigenvalue weighted by atomic mass is 10.1.